The van der Waals surface area contributed by atoms with E-state index in [0.717, 1.165) is 32.2 Å². The number of alkyl halides is 1. The number of aldehydes is 1. The average molecular weight is 286 g/mol. The molecule has 0 aromatic heterocycles. The lowest BCUT2D eigenvalue weighted by atomic mass is 9.99. The van der Waals surface area contributed by atoms with Gasteiger partial charge in [0.2, 0.25) is 0 Å². The van der Waals surface area contributed by atoms with E-state index >= 15 is 0 Å². The molecule has 5 heteroatoms. The molecule has 1 heterocycles. The number of carbonyl (C=O) groups is 1. The van der Waals surface area contributed by atoms with E-state index in [9.17, 15) is 9.18 Å². The number of hydrogen-bond donors (Lipinski definition) is 0. The van der Waals surface area contributed by atoms with Gasteiger partial charge in [-0.2, -0.15) is 0 Å². The molecular formula is C14H17ClFNO2. The summed E-state index contributed by atoms with van der Waals surface area (Å²) in [5.41, 5.74) is -0.548. The number of ether oxygens (including phenoxy) is 1. The maximum Gasteiger partial charge on any atom is 0.152 e. The Hall–Kier alpha value is -1.13. The maximum absolute atomic E-state index is 12.8. The van der Waals surface area contributed by atoms with Crippen LogP contribution in [-0.2, 0) is 4.79 Å². The van der Waals surface area contributed by atoms with E-state index in [-0.39, 0.29) is 5.82 Å². The first-order valence-corrected chi connectivity index (χ1v) is 6.84. The van der Waals surface area contributed by atoms with Crippen molar-refractivity contribution < 1.29 is 13.9 Å². The zero-order valence-corrected chi connectivity index (χ0v) is 11.4. The van der Waals surface area contributed by atoms with Crippen LogP contribution in [0.5, 0.6) is 5.75 Å². The largest absolute Gasteiger partial charge is 0.493 e. The van der Waals surface area contributed by atoms with E-state index in [2.05, 4.69) is 0 Å². The fourth-order valence-electron chi connectivity index (χ4n) is 2.29. The van der Waals surface area contributed by atoms with Gasteiger partial charge in [0.25, 0.3) is 0 Å². The molecule has 0 amide bonds. The van der Waals surface area contributed by atoms with Crippen LogP contribution in [0.4, 0.5) is 4.39 Å². The van der Waals surface area contributed by atoms with Gasteiger partial charge in [-0.15, -0.1) is 0 Å². The summed E-state index contributed by atoms with van der Waals surface area (Å²) in [5, 5.41) is 0. The Labute approximate surface area is 117 Å². The van der Waals surface area contributed by atoms with Crippen molar-refractivity contribution in [2.75, 3.05) is 19.7 Å². The number of rotatable bonds is 5. The summed E-state index contributed by atoms with van der Waals surface area (Å²) >= 11 is 5.92. The molecule has 0 N–H and O–H groups in total. The third-order valence-electron chi connectivity index (χ3n) is 3.31. The van der Waals surface area contributed by atoms with Gasteiger partial charge < -0.3 is 9.53 Å². The molecule has 1 aliphatic heterocycles. The smallest absolute Gasteiger partial charge is 0.152 e. The maximum atomic E-state index is 12.8. The van der Waals surface area contributed by atoms with Crippen LogP contribution in [0.3, 0.4) is 0 Å². The second-order valence-electron chi connectivity index (χ2n) is 4.78. The molecule has 1 saturated heterocycles. The van der Waals surface area contributed by atoms with E-state index in [1.165, 1.54) is 12.1 Å². The molecule has 2 unspecified atom stereocenters. The zero-order valence-electron chi connectivity index (χ0n) is 10.6. The van der Waals surface area contributed by atoms with Gasteiger partial charge in [0, 0.05) is 12.5 Å². The highest BCUT2D eigenvalue weighted by Gasteiger charge is 2.24. The SMILES string of the molecule is O=CC(Cl)N1CCCC(COc2ccc(F)cc2)C1. The third kappa shape index (κ3) is 4.18. The van der Waals surface area contributed by atoms with E-state index in [4.69, 9.17) is 16.3 Å². The van der Waals surface area contributed by atoms with E-state index < -0.39 is 5.50 Å². The van der Waals surface area contributed by atoms with Gasteiger partial charge in [-0.1, -0.05) is 11.6 Å². The lowest BCUT2D eigenvalue weighted by Gasteiger charge is -2.33. The van der Waals surface area contributed by atoms with Crippen LogP contribution < -0.4 is 4.74 Å². The van der Waals surface area contributed by atoms with Gasteiger partial charge >= 0.3 is 0 Å². The molecular weight excluding hydrogens is 269 g/mol. The first-order chi connectivity index (χ1) is 9.19. The Balaban J connectivity index is 1.82. The summed E-state index contributed by atoms with van der Waals surface area (Å²) in [6.07, 6.45) is 2.82. The molecule has 2 rings (SSSR count). The van der Waals surface area contributed by atoms with Gasteiger partial charge in [-0.3, -0.25) is 4.90 Å². The van der Waals surface area contributed by atoms with Gasteiger partial charge in [0.1, 0.15) is 17.1 Å². The van der Waals surface area contributed by atoms with E-state index in [1.807, 2.05) is 4.90 Å². The molecule has 0 radical (unpaired) electrons. The second-order valence-corrected chi connectivity index (χ2v) is 5.22. The normalized spacial score (nSPS) is 21.9. The van der Waals surface area contributed by atoms with Gasteiger partial charge in [0.15, 0.2) is 6.29 Å². The molecule has 1 fully saturated rings. The molecule has 1 aromatic carbocycles. The quantitative estimate of drug-likeness (QED) is 0.473. The van der Waals surface area contributed by atoms with Crippen LogP contribution in [0, 0.1) is 11.7 Å². The first kappa shape index (κ1) is 14.3. The molecule has 0 spiro atoms. The first-order valence-electron chi connectivity index (χ1n) is 6.41. The predicted molar refractivity (Wildman–Crippen MR) is 71.9 cm³/mol. The average Bonchev–Trinajstić information content (AvgIpc) is 2.46. The number of piperidine rings is 1. The highest BCUT2D eigenvalue weighted by molar-refractivity contribution is 6.27. The summed E-state index contributed by atoms with van der Waals surface area (Å²) in [6.45, 7) is 2.17. The Morgan fingerprint density at radius 2 is 2.21 bits per heavy atom. The van der Waals surface area contributed by atoms with Crippen LogP contribution in [0.2, 0.25) is 0 Å². The summed E-state index contributed by atoms with van der Waals surface area (Å²) in [5.74, 6) is 0.739. The molecule has 19 heavy (non-hydrogen) atoms. The number of benzene rings is 1. The standard InChI is InChI=1S/C14H17ClFNO2/c15-14(9-18)17-7-1-2-11(8-17)10-19-13-5-3-12(16)4-6-13/h3-6,9,11,14H,1-2,7-8,10H2. The van der Waals surface area contributed by atoms with Crippen LogP contribution in [0.25, 0.3) is 0 Å². The molecule has 3 nitrogen and oxygen atoms in total. The molecule has 2 atom stereocenters. The van der Waals surface area contributed by atoms with Crippen molar-refractivity contribution in [2.45, 2.75) is 18.3 Å². The molecule has 104 valence electrons. The van der Waals surface area contributed by atoms with Gasteiger partial charge in [-0.25, -0.2) is 4.39 Å². The number of nitrogens with zero attached hydrogens (tertiary/aromatic N) is 1. The van der Waals surface area contributed by atoms with Crippen molar-refractivity contribution in [3.05, 3.63) is 30.1 Å². The molecule has 0 aliphatic carbocycles. The minimum Gasteiger partial charge on any atom is -0.493 e. The fraction of sp³-hybridized carbons (Fsp3) is 0.500. The highest BCUT2D eigenvalue weighted by atomic mass is 35.5. The Kier molecular flexibility index (Phi) is 5.16. The Morgan fingerprint density at radius 1 is 1.47 bits per heavy atom. The summed E-state index contributed by atoms with van der Waals surface area (Å²) in [4.78, 5) is 12.6. The van der Waals surface area contributed by atoms with Crippen LogP contribution >= 0.6 is 11.6 Å². The number of carbonyl (C=O) groups excluding carboxylic acids is 1. The zero-order chi connectivity index (χ0) is 13.7. The molecule has 0 saturated carbocycles. The van der Waals surface area contributed by atoms with Crippen LogP contribution in [-0.4, -0.2) is 36.4 Å². The fourth-order valence-corrected chi connectivity index (χ4v) is 2.47. The van der Waals surface area contributed by atoms with Crippen molar-refractivity contribution in [1.82, 2.24) is 4.90 Å². The lowest BCUT2D eigenvalue weighted by molar-refractivity contribution is -0.110. The Bertz CT molecular complexity index is 412. The summed E-state index contributed by atoms with van der Waals surface area (Å²) < 4.78 is 18.4. The predicted octanol–water partition coefficient (Wildman–Crippen LogP) is 2.68. The van der Waals surface area contributed by atoms with Crippen molar-refractivity contribution in [3.8, 4) is 5.75 Å². The molecule has 0 bridgehead atoms. The van der Waals surface area contributed by atoms with E-state index in [1.54, 1.807) is 12.1 Å². The molecule has 1 aromatic rings. The Morgan fingerprint density at radius 3 is 2.89 bits per heavy atom. The summed E-state index contributed by atoms with van der Waals surface area (Å²) in [6, 6.07) is 5.99. The van der Waals surface area contributed by atoms with Crippen molar-refractivity contribution >= 4 is 17.9 Å². The highest BCUT2D eigenvalue weighted by Crippen LogP contribution is 2.21. The van der Waals surface area contributed by atoms with E-state index in [0.29, 0.717) is 18.3 Å². The molecule has 1 aliphatic rings. The number of likely N-dealkylation sites (tertiary alicyclic amines) is 1. The van der Waals surface area contributed by atoms with Crippen molar-refractivity contribution in [1.29, 1.82) is 0 Å². The minimum atomic E-state index is -0.548. The monoisotopic (exact) mass is 285 g/mol. The van der Waals surface area contributed by atoms with Crippen LogP contribution in [0.15, 0.2) is 24.3 Å². The number of halogens is 2. The van der Waals surface area contributed by atoms with Crippen LogP contribution in [0.1, 0.15) is 12.8 Å². The lowest BCUT2D eigenvalue weighted by Crippen LogP contribution is -2.42. The summed E-state index contributed by atoms with van der Waals surface area (Å²) in [7, 11) is 0. The topological polar surface area (TPSA) is 29.5 Å². The van der Waals surface area contributed by atoms with Crippen molar-refractivity contribution in [2.24, 2.45) is 5.92 Å². The number of hydrogen-bond acceptors (Lipinski definition) is 3. The van der Waals surface area contributed by atoms with Gasteiger partial charge in [-0.05, 0) is 43.7 Å². The van der Waals surface area contributed by atoms with Gasteiger partial charge in [0.05, 0.1) is 6.61 Å². The third-order valence-corrected chi connectivity index (χ3v) is 3.69. The second kappa shape index (κ2) is 6.87. The van der Waals surface area contributed by atoms with Crippen molar-refractivity contribution in [3.63, 3.8) is 0 Å². The minimum absolute atomic E-state index is 0.271.